The van der Waals surface area contributed by atoms with Crippen LogP contribution < -0.4 is 19.1 Å². The van der Waals surface area contributed by atoms with Crippen molar-refractivity contribution in [3.05, 3.63) is 53.1 Å². The van der Waals surface area contributed by atoms with Crippen LogP contribution in [-0.2, 0) is 13.0 Å². The molecule has 0 saturated heterocycles. The number of quaternary nitrogens is 1. The summed E-state index contributed by atoms with van der Waals surface area (Å²) in [4.78, 5) is 13.8. The molecule has 1 aliphatic heterocycles. The maximum atomic E-state index is 12.4. The van der Waals surface area contributed by atoms with Crippen LogP contribution in [0, 0.1) is 0 Å². The summed E-state index contributed by atoms with van der Waals surface area (Å²) in [6.07, 6.45) is 1.53. The summed E-state index contributed by atoms with van der Waals surface area (Å²) >= 11 is 0. The number of fused-ring (bicyclic) bond motifs is 1. The molecule has 0 radical (unpaired) electrons. The normalized spacial score (nSPS) is 15.9. The van der Waals surface area contributed by atoms with Crippen LogP contribution >= 0.6 is 0 Å². The molecule has 138 valence electrons. The molecule has 5 heteroatoms. The van der Waals surface area contributed by atoms with Crippen LogP contribution in [-0.4, -0.2) is 40.2 Å². The topological polar surface area (TPSA) is 49.2 Å². The van der Waals surface area contributed by atoms with E-state index in [0.717, 1.165) is 48.9 Å². The van der Waals surface area contributed by atoms with Gasteiger partial charge in [-0.25, -0.2) is 0 Å². The second-order valence-corrected chi connectivity index (χ2v) is 6.55. The van der Waals surface area contributed by atoms with Gasteiger partial charge in [0.1, 0.15) is 12.3 Å². The summed E-state index contributed by atoms with van der Waals surface area (Å²) < 4.78 is 15.9. The SMILES string of the molecule is COc1ccc(C(=O)CC[NH+]2CCc3cc(OC)c(OC)cc3C2)cc1. The Morgan fingerprint density at radius 3 is 2.23 bits per heavy atom. The van der Waals surface area contributed by atoms with E-state index >= 15 is 0 Å². The second kappa shape index (κ2) is 8.23. The van der Waals surface area contributed by atoms with E-state index in [-0.39, 0.29) is 5.78 Å². The highest BCUT2D eigenvalue weighted by molar-refractivity contribution is 5.96. The zero-order chi connectivity index (χ0) is 18.5. The van der Waals surface area contributed by atoms with Gasteiger partial charge in [0.05, 0.1) is 40.8 Å². The Kier molecular flexibility index (Phi) is 5.78. The number of rotatable bonds is 7. The maximum Gasteiger partial charge on any atom is 0.168 e. The molecule has 1 heterocycles. The Balaban J connectivity index is 1.61. The highest BCUT2D eigenvalue weighted by Gasteiger charge is 2.22. The number of benzene rings is 2. The molecule has 3 rings (SSSR count). The van der Waals surface area contributed by atoms with Crippen molar-refractivity contribution in [1.82, 2.24) is 0 Å². The Hall–Kier alpha value is -2.53. The first-order valence-corrected chi connectivity index (χ1v) is 8.89. The number of nitrogens with one attached hydrogen (secondary N) is 1. The van der Waals surface area contributed by atoms with Crippen molar-refractivity contribution >= 4 is 5.78 Å². The fourth-order valence-electron chi connectivity index (χ4n) is 3.45. The van der Waals surface area contributed by atoms with Gasteiger partial charge in [0.15, 0.2) is 17.3 Å². The van der Waals surface area contributed by atoms with Crippen LogP contribution in [0.25, 0.3) is 0 Å². The molecule has 0 aliphatic carbocycles. The number of ether oxygens (including phenoxy) is 3. The number of Topliss-reactive ketones (excluding diaryl/α,β-unsaturated/α-hetero) is 1. The molecular formula is C21H26NO4+. The molecule has 0 spiro atoms. The third-order valence-corrected chi connectivity index (χ3v) is 5.01. The molecule has 1 atom stereocenters. The van der Waals surface area contributed by atoms with E-state index in [9.17, 15) is 4.79 Å². The van der Waals surface area contributed by atoms with Gasteiger partial charge in [-0.2, -0.15) is 0 Å². The molecule has 1 unspecified atom stereocenters. The van der Waals surface area contributed by atoms with Crippen LogP contribution in [0.1, 0.15) is 27.9 Å². The van der Waals surface area contributed by atoms with E-state index < -0.39 is 0 Å². The molecular weight excluding hydrogens is 330 g/mol. The van der Waals surface area contributed by atoms with Crippen molar-refractivity contribution in [2.75, 3.05) is 34.4 Å². The molecule has 0 bridgehead atoms. The van der Waals surface area contributed by atoms with Gasteiger partial charge in [-0.15, -0.1) is 0 Å². The largest absolute Gasteiger partial charge is 0.497 e. The summed E-state index contributed by atoms with van der Waals surface area (Å²) in [5.74, 6) is 2.49. The molecule has 0 saturated carbocycles. The molecule has 1 aliphatic rings. The van der Waals surface area contributed by atoms with Crippen molar-refractivity contribution in [2.45, 2.75) is 19.4 Å². The summed E-state index contributed by atoms with van der Waals surface area (Å²) in [5, 5.41) is 0. The van der Waals surface area contributed by atoms with Gasteiger partial charge in [0, 0.05) is 17.5 Å². The van der Waals surface area contributed by atoms with Crippen LogP contribution in [0.4, 0.5) is 0 Å². The fraction of sp³-hybridized carbons (Fsp3) is 0.381. The van der Waals surface area contributed by atoms with Crippen molar-refractivity contribution in [3.8, 4) is 17.2 Å². The van der Waals surface area contributed by atoms with E-state index in [1.165, 1.54) is 16.0 Å². The Morgan fingerprint density at radius 1 is 0.962 bits per heavy atom. The molecule has 0 fully saturated rings. The second-order valence-electron chi connectivity index (χ2n) is 6.55. The van der Waals surface area contributed by atoms with E-state index in [1.54, 1.807) is 21.3 Å². The van der Waals surface area contributed by atoms with Crippen LogP contribution in [0.2, 0.25) is 0 Å². The van der Waals surface area contributed by atoms with E-state index in [0.29, 0.717) is 6.42 Å². The molecule has 5 nitrogen and oxygen atoms in total. The Morgan fingerprint density at radius 2 is 1.62 bits per heavy atom. The predicted octanol–water partition coefficient (Wildman–Crippen LogP) is 1.93. The molecule has 2 aromatic rings. The van der Waals surface area contributed by atoms with Crippen LogP contribution in [0.5, 0.6) is 17.2 Å². The minimum absolute atomic E-state index is 0.179. The fourth-order valence-corrected chi connectivity index (χ4v) is 3.45. The average molecular weight is 356 g/mol. The number of hydrogen-bond acceptors (Lipinski definition) is 4. The van der Waals surface area contributed by atoms with Crippen molar-refractivity contribution in [2.24, 2.45) is 0 Å². The minimum atomic E-state index is 0.179. The van der Waals surface area contributed by atoms with Crippen LogP contribution in [0.3, 0.4) is 0 Å². The number of hydrogen-bond donors (Lipinski definition) is 1. The van der Waals surface area contributed by atoms with Crippen molar-refractivity contribution in [3.63, 3.8) is 0 Å². The summed E-state index contributed by atoms with van der Waals surface area (Å²) in [7, 11) is 4.94. The summed E-state index contributed by atoms with van der Waals surface area (Å²) in [6.45, 7) is 2.77. The van der Waals surface area contributed by atoms with Crippen LogP contribution in [0.15, 0.2) is 36.4 Å². The molecule has 0 amide bonds. The number of carbonyl (C=O) groups excluding carboxylic acids is 1. The first kappa shape index (κ1) is 18.3. The Labute approximate surface area is 154 Å². The van der Waals surface area contributed by atoms with Gasteiger partial charge in [-0.05, 0) is 42.0 Å². The smallest absolute Gasteiger partial charge is 0.168 e. The summed E-state index contributed by atoms with van der Waals surface area (Å²) in [6, 6.07) is 11.5. The standard InChI is InChI=1S/C21H25NO4/c1-24-18-6-4-15(5-7-18)19(23)9-11-22-10-8-16-12-20(25-2)21(26-3)13-17(16)14-22/h4-7,12-13H,8-11,14H2,1-3H3/p+1. The monoisotopic (exact) mass is 356 g/mol. The molecule has 2 aromatic carbocycles. The van der Waals surface area contributed by atoms with Gasteiger partial charge in [0.25, 0.3) is 0 Å². The number of ketones is 1. The highest BCUT2D eigenvalue weighted by atomic mass is 16.5. The molecule has 1 N–H and O–H groups in total. The number of methoxy groups -OCH3 is 3. The summed E-state index contributed by atoms with van der Waals surface area (Å²) in [5.41, 5.74) is 3.34. The van der Waals surface area contributed by atoms with Gasteiger partial charge >= 0.3 is 0 Å². The maximum absolute atomic E-state index is 12.4. The van der Waals surface area contributed by atoms with Gasteiger partial charge in [-0.3, -0.25) is 4.79 Å². The third kappa shape index (κ3) is 3.99. The zero-order valence-electron chi connectivity index (χ0n) is 15.6. The first-order chi connectivity index (χ1) is 12.6. The van der Waals surface area contributed by atoms with Crippen molar-refractivity contribution < 1.29 is 23.9 Å². The van der Waals surface area contributed by atoms with Gasteiger partial charge in [-0.1, -0.05) is 0 Å². The van der Waals surface area contributed by atoms with E-state index in [1.807, 2.05) is 24.3 Å². The third-order valence-electron chi connectivity index (χ3n) is 5.01. The first-order valence-electron chi connectivity index (χ1n) is 8.89. The lowest BCUT2D eigenvalue weighted by Crippen LogP contribution is -3.11. The lowest BCUT2D eigenvalue weighted by Gasteiger charge is -2.26. The lowest BCUT2D eigenvalue weighted by atomic mass is 9.98. The van der Waals surface area contributed by atoms with Crippen molar-refractivity contribution in [1.29, 1.82) is 0 Å². The highest BCUT2D eigenvalue weighted by Crippen LogP contribution is 2.31. The zero-order valence-corrected chi connectivity index (χ0v) is 15.6. The molecule has 26 heavy (non-hydrogen) atoms. The van der Waals surface area contributed by atoms with E-state index in [4.69, 9.17) is 14.2 Å². The van der Waals surface area contributed by atoms with Gasteiger partial charge in [0.2, 0.25) is 0 Å². The quantitative estimate of drug-likeness (QED) is 0.770. The van der Waals surface area contributed by atoms with Gasteiger partial charge < -0.3 is 19.1 Å². The predicted molar refractivity (Wildman–Crippen MR) is 99.6 cm³/mol. The Bertz CT molecular complexity index is 770. The number of carbonyl (C=O) groups is 1. The average Bonchev–Trinajstić information content (AvgIpc) is 2.70. The minimum Gasteiger partial charge on any atom is -0.497 e. The van der Waals surface area contributed by atoms with E-state index in [2.05, 4.69) is 12.1 Å². The lowest BCUT2D eigenvalue weighted by molar-refractivity contribution is -0.915. The molecule has 0 aromatic heterocycles.